The zero-order valence-corrected chi connectivity index (χ0v) is 17.6. The van der Waals surface area contributed by atoms with Gasteiger partial charge in [-0.1, -0.05) is 6.92 Å². The molecule has 0 saturated carbocycles. The minimum atomic E-state index is -0.258. The quantitative estimate of drug-likeness (QED) is 0.666. The molecule has 0 aliphatic carbocycles. The molecule has 0 atom stereocenters. The third-order valence-corrected chi connectivity index (χ3v) is 6.36. The number of nitrogens with zero attached hydrogens (tertiary/aromatic N) is 2. The number of anilines is 2. The standard InChI is InChI=1S/C21H24N4O3S/c1-4-25-8-7-15-12(11-25)9-14-18(22)19(29-21(14)24-15)20(26)23-13-5-6-16(27-2)17(10-13)28-3/h5-6,9-10H,4,7-8,11,22H2,1-3H3,(H,23,26). The molecule has 3 N–H and O–H groups in total. The number of nitrogens with one attached hydrogen (secondary N) is 1. The highest BCUT2D eigenvalue weighted by atomic mass is 32.1. The van der Waals surface area contributed by atoms with Crippen molar-refractivity contribution in [2.24, 2.45) is 0 Å². The number of rotatable bonds is 5. The van der Waals surface area contributed by atoms with Crippen LogP contribution in [0.3, 0.4) is 0 Å². The van der Waals surface area contributed by atoms with Gasteiger partial charge in [-0.15, -0.1) is 11.3 Å². The van der Waals surface area contributed by atoms with E-state index >= 15 is 0 Å². The second-order valence-electron chi connectivity index (χ2n) is 6.93. The number of carbonyl (C=O) groups excluding carboxylic acids is 1. The molecule has 1 aromatic carbocycles. The number of nitrogens with two attached hydrogens (primary N) is 1. The van der Waals surface area contributed by atoms with Crippen LogP contribution in [0.5, 0.6) is 11.5 Å². The van der Waals surface area contributed by atoms with Gasteiger partial charge in [0.2, 0.25) is 0 Å². The summed E-state index contributed by atoms with van der Waals surface area (Å²) >= 11 is 1.33. The Labute approximate surface area is 173 Å². The number of methoxy groups -OCH3 is 2. The molecule has 1 aliphatic heterocycles. The molecule has 0 bridgehead atoms. The molecular weight excluding hydrogens is 388 g/mol. The molecular formula is C21H24N4O3S. The fourth-order valence-electron chi connectivity index (χ4n) is 3.60. The topological polar surface area (TPSA) is 89.7 Å². The smallest absolute Gasteiger partial charge is 0.267 e. The molecule has 0 fully saturated rings. The summed E-state index contributed by atoms with van der Waals surface area (Å²) in [5.41, 5.74) is 9.74. The molecule has 152 valence electrons. The Balaban J connectivity index is 1.64. The normalized spacial score (nSPS) is 13.9. The maximum absolute atomic E-state index is 12.9. The van der Waals surface area contributed by atoms with E-state index in [1.54, 1.807) is 32.4 Å². The first kappa shape index (κ1) is 19.5. The summed E-state index contributed by atoms with van der Waals surface area (Å²) in [6.07, 6.45) is 0.921. The van der Waals surface area contributed by atoms with Crippen LogP contribution >= 0.6 is 11.3 Å². The number of pyridine rings is 1. The molecule has 0 saturated heterocycles. The van der Waals surface area contributed by atoms with Crippen LogP contribution in [0, 0.1) is 0 Å². The molecule has 4 rings (SSSR count). The van der Waals surface area contributed by atoms with Crippen molar-refractivity contribution in [1.82, 2.24) is 9.88 Å². The largest absolute Gasteiger partial charge is 0.493 e. The second kappa shape index (κ2) is 7.88. The fourth-order valence-corrected chi connectivity index (χ4v) is 4.59. The lowest BCUT2D eigenvalue weighted by molar-refractivity contribution is 0.103. The number of ether oxygens (including phenoxy) is 2. The molecule has 2 aromatic heterocycles. The summed E-state index contributed by atoms with van der Waals surface area (Å²) in [5.74, 6) is 0.887. The Morgan fingerprint density at radius 1 is 1.28 bits per heavy atom. The first-order chi connectivity index (χ1) is 14.0. The number of benzene rings is 1. The minimum absolute atomic E-state index is 0.258. The van der Waals surface area contributed by atoms with Gasteiger partial charge in [0.25, 0.3) is 5.91 Å². The number of aromatic nitrogens is 1. The Morgan fingerprint density at radius 3 is 2.79 bits per heavy atom. The highest BCUT2D eigenvalue weighted by Crippen LogP contribution is 2.36. The van der Waals surface area contributed by atoms with Crippen molar-refractivity contribution in [3.63, 3.8) is 0 Å². The summed E-state index contributed by atoms with van der Waals surface area (Å²) < 4.78 is 10.5. The van der Waals surface area contributed by atoms with Crippen LogP contribution in [0.25, 0.3) is 10.2 Å². The van der Waals surface area contributed by atoms with Crippen LogP contribution in [-0.2, 0) is 13.0 Å². The average Bonchev–Trinajstić information content (AvgIpc) is 3.07. The van der Waals surface area contributed by atoms with Crippen molar-refractivity contribution < 1.29 is 14.3 Å². The Hall–Kier alpha value is -2.84. The van der Waals surface area contributed by atoms with Gasteiger partial charge in [-0.25, -0.2) is 4.98 Å². The number of fused-ring (bicyclic) bond motifs is 2. The third kappa shape index (κ3) is 3.61. The molecule has 3 aromatic rings. The van der Waals surface area contributed by atoms with E-state index in [2.05, 4.69) is 23.2 Å². The van der Waals surface area contributed by atoms with Gasteiger partial charge < -0.3 is 20.5 Å². The maximum atomic E-state index is 12.9. The van der Waals surface area contributed by atoms with Crippen molar-refractivity contribution >= 4 is 38.8 Å². The van der Waals surface area contributed by atoms with E-state index < -0.39 is 0 Å². The zero-order valence-electron chi connectivity index (χ0n) is 16.7. The number of nitrogen functional groups attached to an aromatic ring is 1. The van der Waals surface area contributed by atoms with Gasteiger partial charge in [-0.3, -0.25) is 9.69 Å². The first-order valence-corrected chi connectivity index (χ1v) is 10.3. The molecule has 29 heavy (non-hydrogen) atoms. The van der Waals surface area contributed by atoms with E-state index in [0.29, 0.717) is 27.8 Å². The van der Waals surface area contributed by atoms with Crippen molar-refractivity contribution in [1.29, 1.82) is 0 Å². The predicted octanol–water partition coefficient (Wildman–Crippen LogP) is 3.53. The molecule has 3 heterocycles. The van der Waals surface area contributed by atoms with Gasteiger partial charge in [0.1, 0.15) is 9.71 Å². The number of carbonyl (C=O) groups is 1. The summed E-state index contributed by atoms with van der Waals surface area (Å²) in [6, 6.07) is 7.33. The van der Waals surface area contributed by atoms with Gasteiger partial charge in [0.05, 0.1) is 19.9 Å². The van der Waals surface area contributed by atoms with Crippen molar-refractivity contribution in [3.05, 3.63) is 40.4 Å². The molecule has 1 amide bonds. The van der Waals surface area contributed by atoms with E-state index in [1.165, 1.54) is 16.9 Å². The lowest BCUT2D eigenvalue weighted by Gasteiger charge is -2.26. The number of amides is 1. The molecule has 8 heteroatoms. The Kier molecular flexibility index (Phi) is 5.29. The predicted molar refractivity (Wildman–Crippen MR) is 116 cm³/mol. The summed E-state index contributed by atoms with van der Waals surface area (Å²) in [5, 5.41) is 3.74. The van der Waals surface area contributed by atoms with Gasteiger partial charge in [-0.2, -0.15) is 0 Å². The highest BCUT2D eigenvalue weighted by molar-refractivity contribution is 7.21. The Morgan fingerprint density at radius 2 is 2.07 bits per heavy atom. The van der Waals surface area contributed by atoms with E-state index in [9.17, 15) is 4.79 Å². The third-order valence-electron chi connectivity index (χ3n) is 5.24. The van der Waals surface area contributed by atoms with Gasteiger partial charge >= 0.3 is 0 Å². The number of likely N-dealkylation sites (N-methyl/N-ethyl adjacent to an activating group) is 1. The van der Waals surface area contributed by atoms with E-state index in [4.69, 9.17) is 20.2 Å². The van der Waals surface area contributed by atoms with Crippen molar-refractivity contribution in [3.8, 4) is 11.5 Å². The zero-order chi connectivity index (χ0) is 20.5. The average molecular weight is 413 g/mol. The molecule has 0 spiro atoms. The van der Waals surface area contributed by atoms with Crippen LogP contribution in [0.15, 0.2) is 24.3 Å². The Bertz CT molecular complexity index is 1080. The van der Waals surface area contributed by atoms with Gasteiger partial charge in [0, 0.05) is 42.3 Å². The number of hydrogen-bond donors (Lipinski definition) is 2. The van der Waals surface area contributed by atoms with E-state index in [1.807, 2.05) is 0 Å². The van der Waals surface area contributed by atoms with Crippen molar-refractivity contribution in [2.45, 2.75) is 19.9 Å². The van der Waals surface area contributed by atoms with Crippen LogP contribution in [0.2, 0.25) is 0 Å². The first-order valence-electron chi connectivity index (χ1n) is 9.50. The lowest BCUT2D eigenvalue weighted by atomic mass is 10.0. The highest BCUT2D eigenvalue weighted by Gasteiger charge is 2.22. The maximum Gasteiger partial charge on any atom is 0.267 e. The number of thiophene rings is 1. The monoisotopic (exact) mass is 412 g/mol. The van der Waals surface area contributed by atoms with Crippen LogP contribution in [-0.4, -0.2) is 43.1 Å². The molecule has 0 radical (unpaired) electrons. The second-order valence-corrected chi connectivity index (χ2v) is 7.93. The SMILES string of the molecule is CCN1CCc2nc3sc(C(=O)Nc4ccc(OC)c(OC)c4)c(N)c3cc2C1. The van der Waals surface area contributed by atoms with Crippen LogP contribution < -0.4 is 20.5 Å². The van der Waals surface area contributed by atoms with Gasteiger partial charge in [-0.05, 0) is 30.3 Å². The van der Waals surface area contributed by atoms with E-state index in [0.717, 1.165) is 42.0 Å². The van der Waals surface area contributed by atoms with Gasteiger partial charge in [0.15, 0.2) is 11.5 Å². The summed E-state index contributed by atoms with van der Waals surface area (Å²) in [4.78, 5) is 21.3. The van der Waals surface area contributed by atoms with Crippen molar-refractivity contribution in [2.75, 3.05) is 38.4 Å². The summed E-state index contributed by atoms with van der Waals surface area (Å²) in [7, 11) is 3.13. The number of hydrogen-bond acceptors (Lipinski definition) is 7. The molecule has 7 nitrogen and oxygen atoms in total. The van der Waals surface area contributed by atoms with E-state index in [-0.39, 0.29) is 5.91 Å². The minimum Gasteiger partial charge on any atom is -0.493 e. The summed E-state index contributed by atoms with van der Waals surface area (Å²) in [6.45, 7) is 5.05. The fraction of sp³-hybridized carbons (Fsp3) is 0.333. The molecule has 1 aliphatic rings. The van der Waals surface area contributed by atoms with Crippen LogP contribution in [0.1, 0.15) is 27.9 Å². The molecule has 0 unspecified atom stereocenters. The van der Waals surface area contributed by atoms with Crippen LogP contribution in [0.4, 0.5) is 11.4 Å². The lowest BCUT2D eigenvalue weighted by Crippen LogP contribution is -2.30.